The van der Waals surface area contributed by atoms with Crippen molar-refractivity contribution in [3.63, 3.8) is 0 Å². The van der Waals surface area contributed by atoms with Gasteiger partial charge >= 0.3 is 5.97 Å². The summed E-state index contributed by atoms with van der Waals surface area (Å²) < 4.78 is 10.6. The van der Waals surface area contributed by atoms with E-state index in [-0.39, 0.29) is 18.1 Å². The topological polar surface area (TPSA) is 88.6 Å². The smallest absolute Gasteiger partial charge is 0.338 e. The number of carbonyl (C=O) groups excluding carboxylic acids is 1. The predicted molar refractivity (Wildman–Crippen MR) is 93.8 cm³/mol. The van der Waals surface area contributed by atoms with Crippen molar-refractivity contribution in [3.05, 3.63) is 58.2 Å². The second-order valence-corrected chi connectivity index (χ2v) is 6.10. The van der Waals surface area contributed by atoms with Crippen LogP contribution in [0.15, 0.2) is 47.1 Å². The molecular weight excluding hydrogens is 318 g/mol. The number of nitrogens with zero attached hydrogens (tertiary/aromatic N) is 2. The molecule has 1 aromatic carbocycles. The van der Waals surface area contributed by atoms with Crippen LogP contribution in [0.1, 0.15) is 30.9 Å². The van der Waals surface area contributed by atoms with Crippen molar-refractivity contribution in [2.45, 2.75) is 26.3 Å². The molecule has 0 radical (unpaired) electrons. The molecule has 0 saturated heterocycles. The second-order valence-electron chi connectivity index (χ2n) is 6.10. The Morgan fingerprint density at radius 3 is 2.76 bits per heavy atom. The molecular formula is C19H23N3O3. The molecule has 0 spiro atoms. The summed E-state index contributed by atoms with van der Waals surface area (Å²) in [6.45, 7) is 4.38. The zero-order chi connectivity index (χ0) is 18.6. The van der Waals surface area contributed by atoms with E-state index in [1.54, 1.807) is 13.8 Å². The zero-order valence-corrected chi connectivity index (χ0v) is 15.0. The van der Waals surface area contributed by atoms with Gasteiger partial charge in [-0.25, -0.2) is 4.79 Å². The summed E-state index contributed by atoms with van der Waals surface area (Å²) in [4.78, 5) is 14.5. The van der Waals surface area contributed by atoms with Crippen LogP contribution in [-0.2, 0) is 20.8 Å². The van der Waals surface area contributed by atoms with Crippen molar-refractivity contribution < 1.29 is 14.3 Å². The van der Waals surface area contributed by atoms with Crippen LogP contribution in [0.5, 0.6) is 0 Å². The fourth-order valence-electron chi connectivity index (χ4n) is 2.92. The van der Waals surface area contributed by atoms with Gasteiger partial charge in [-0.15, -0.1) is 0 Å². The predicted octanol–water partition coefficient (Wildman–Crippen LogP) is 2.39. The average Bonchev–Trinajstić information content (AvgIpc) is 2.54. The summed E-state index contributed by atoms with van der Waals surface area (Å²) in [7, 11) is 3.96. The van der Waals surface area contributed by atoms with E-state index in [9.17, 15) is 10.1 Å². The minimum Gasteiger partial charge on any atom is -0.463 e. The fraction of sp³-hybridized carbons (Fsp3) is 0.368. The summed E-state index contributed by atoms with van der Waals surface area (Å²) in [6.07, 6.45) is 0. The van der Waals surface area contributed by atoms with Gasteiger partial charge in [0.25, 0.3) is 0 Å². The van der Waals surface area contributed by atoms with Crippen molar-refractivity contribution in [1.82, 2.24) is 4.90 Å². The number of hydrogen-bond donors (Lipinski definition) is 1. The molecule has 1 unspecified atom stereocenters. The van der Waals surface area contributed by atoms with Gasteiger partial charge in [0.1, 0.15) is 17.4 Å². The van der Waals surface area contributed by atoms with E-state index in [2.05, 4.69) is 6.07 Å². The van der Waals surface area contributed by atoms with E-state index < -0.39 is 11.9 Å². The number of rotatable bonds is 5. The van der Waals surface area contributed by atoms with Crippen LogP contribution in [0.2, 0.25) is 0 Å². The number of ether oxygens (including phenoxy) is 2. The van der Waals surface area contributed by atoms with Crippen molar-refractivity contribution >= 4 is 5.97 Å². The zero-order valence-electron chi connectivity index (χ0n) is 15.0. The Bertz CT molecular complexity index is 772. The summed E-state index contributed by atoms with van der Waals surface area (Å²) >= 11 is 0. The van der Waals surface area contributed by atoms with E-state index >= 15 is 0 Å². The first-order valence-corrected chi connectivity index (χ1v) is 8.08. The van der Waals surface area contributed by atoms with Gasteiger partial charge in [-0.1, -0.05) is 24.3 Å². The van der Waals surface area contributed by atoms with Crippen LogP contribution in [0.3, 0.4) is 0 Å². The maximum Gasteiger partial charge on any atom is 0.338 e. The molecule has 6 heteroatoms. The molecule has 0 aliphatic carbocycles. The summed E-state index contributed by atoms with van der Waals surface area (Å²) in [5.74, 6) is -0.711. The van der Waals surface area contributed by atoms with E-state index in [0.29, 0.717) is 11.3 Å². The Morgan fingerprint density at radius 2 is 2.16 bits per heavy atom. The molecule has 132 valence electrons. The fourth-order valence-corrected chi connectivity index (χ4v) is 2.92. The van der Waals surface area contributed by atoms with Crippen LogP contribution in [0.4, 0.5) is 0 Å². The number of hydrogen-bond acceptors (Lipinski definition) is 6. The number of nitrogens with two attached hydrogens (primary N) is 1. The summed E-state index contributed by atoms with van der Waals surface area (Å²) in [5, 5.41) is 9.57. The van der Waals surface area contributed by atoms with Crippen molar-refractivity contribution in [2.24, 2.45) is 5.73 Å². The standard InChI is InChI=1S/C19H23N3O3/c1-5-24-19(23)16-12(2)25-18(21)15(10-20)17(16)14-8-6-7-13(9-14)11-22(3)4/h6-9,17H,5,11,21H2,1-4H3. The molecule has 1 atom stereocenters. The van der Waals surface area contributed by atoms with Crippen molar-refractivity contribution in [1.29, 1.82) is 5.26 Å². The Morgan fingerprint density at radius 1 is 1.44 bits per heavy atom. The first-order chi connectivity index (χ1) is 11.9. The van der Waals surface area contributed by atoms with Crippen LogP contribution in [0.25, 0.3) is 0 Å². The lowest BCUT2D eigenvalue weighted by Crippen LogP contribution is -2.25. The van der Waals surface area contributed by atoms with Gasteiger partial charge in [0, 0.05) is 6.54 Å². The minimum atomic E-state index is -0.597. The number of nitriles is 1. The minimum absolute atomic E-state index is 0.0241. The number of carbonyl (C=O) groups is 1. The average molecular weight is 341 g/mol. The van der Waals surface area contributed by atoms with Crippen LogP contribution >= 0.6 is 0 Å². The highest BCUT2D eigenvalue weighted by Gasteiger charge is 2.36. The Balaban J connectivity index is 2.57. The van der Waals surface area contributed by atoms with Crippen LogP contribution in [-0.4, -0.2) is 31.6 Å². The Hall–Kier alpha value is -2.78. The van der Waals surface area contributed by atoms with Gasteiger partial charge in [-0.05, 0) is 39.1 Å². The lowest BCUT2D eigenvalue weighted by molar-refractivity contribution is -0.139. The SMILES string of the molecule is CCOC(=O)C1=C(C)OC(N)=C(C#N)C1c1cccc(CN(C)C)c1. The van der Waals surface area contributed by atoms with E-state index in [4.69, 9.17) is 15.2 Å². The van der Waals surface area contributed by atoms with Crippen molar-refractivity contribution in [3.8, 4) is 6.07 Å². The first kappa shape index (κ1) is 18.6. The molecule has 2 rings (SSSR count). The molecule has 0 fully saturated rings. The quantitative estimate of drug-likeness (QED) is 0.827. The van der Waals surface area contributed by atoms with Gasteiger partial charge in [0.2, 0.25) is 5.88 Å². The van der Waals surface area contributed by atoms with Crippen LogP contribution in [0, 0.1) is 11.3 Å². The molecule has 1 aromatic rings. The third-order valence-electron chi connectivity index (χ3n) is 3.88. The number of benzene rings is 1. The third-order valence-corrected chi connectivity index (χ3v) is 3.88. The molecule has 0 aromatic heterocycles. The van der Waals surface area contributed by atoms with Gasteiger partial charge in [-0.2, -0.15) is 5.26 Å². The maximum absolute atomic E-state index is 12.5. The second kappa shape index (κ2) is 7.86. The maximum atomic E-state index is 12.5. The summed E-state index contributed by atoms with van der Waals surface area (Å²) in [5.41, 5.74) is 8.32. The van der Waals surface area contributed by atoms with Gasteiger partial charge in [0.15, 0.2) is 0 Å². The highest BCUT2D eigenvalue weighted by molar-refractivity contribution is 5.92. The number of esters is 1. The molecule has 6 nitrogen and oxygen atoms in total. The molecule has 0 amide bonds. The largest absolute Gasteiger partial charge is 0.463 e. The Kier molecular flexibility index (Phi) is 5.84. The highest BCUT2D eigenvalue weighted by atomic mass is 16.5. The first-order valence-electron chi connectivity index (χ1n) is 8.08. The lowest BCUT2D eigenvalue weighted by Gasteiger charge is -2.27. The molecule has 0 saturated carbocycles. The normalized spacial score (nSPS) is 17.4. The Labute approximate surface area is 148 Å². The van der Waals surface area contributed by atoms with Gasteiger partial charge < -0.3 is 20.1 Å². The monoisotopic (exact) mass is 341 g/mol. The number of allylic oxidation sites excluding steroid dienone is 2. The molecule has 1 aliphatic rings. The van der Waals surface area contributed by atoms with Crippen LogP contribution < -0.4 is 5.73 Å². The molecule has 0 bridgehead atoms. The summed E-state index contributed by atoms with van der Waals surface area (Å²) in [6, 6.07) is 9.86. The van der Waals surface area contributed by atoms with E-state index in [1.165, 1.54) is 0 Å². The van der Waals surface area contributed by atoms with E-state index in [1.807, 2.05) is 43.3 Å². The van der Waals surface area contributed by atoms with Crippen molar-refractivity contribution in [2.75, 3.05) is 20.7 Å². The third kappa shape index (κ3) is 4.01. The molecule has 25 heavy (non-hydrogen) atoms. The van der Waals surface area contributed by atoms with Gasteiger partial charge in [-0.3, -0.25) is 0 Å². The molecule has 1 aliphatic heterocycles. The van der Waals surface area contributed by atoms with Gasteiger partial charge in [0.05, 0.1) is 18.1 Å². The molecule has 1 heterocycles. The molecule has 2 N–H and O–H groups in total. The lowest BCUT2D eigenvalue weighted by atomic mass is 9.82. The van der Waals surface area contributed by atoms with E-state index in [0.717, 1.165) is 17.7 Å². The highest BCUT2D eigenvalue weighted by Crippen LogP contribution is 2.39.